The van der Waals surface area contributed by atoms with Crippen molar-refractivity contribution >= 4 is 29.2 Å². The molecule has 0 fully saturated rings. The summed E-state index contributed by atoms with van der Waals surface area (Å²) in [5.74, 6) is -1.72. The number of carbonyl (C=O) groups is 3. The van der Waals surface area contributed by atoms with Crippen LogP contribution in [0.1, 0.15) is 29.4 Å². The molecule has 1 aromatic heterocycles. The summed E-state index contributed by atoms with van der Waals surface area (Å²) in [6.07, 6.45) is 0.887. The molecule has 0 spiro atoms. The van der Waals surface area contributed by atoms with Gasteiger partial charge in [-0.15, -0.1) is 0 Å². The van der Waals surface area contributed by atoms with Gasteiger partial charge in [0.05, 0.1) is 17.8 Å². The Morgan fingerprint density at radius 2 is 1.61 bits per heavy atom. The summed E-state index contributed by atoms with van der Waals surface area (Å²) in [5, 5.41) is 2.68. The average Bonchev–Trinajstić information content (AvgIpc) is 3.22. The predicted molar refractivity (Wildman–Crippen MR) is 107 cm³/mol. The highest BCUT2D eigenvalue weighted by Gasteiger charge is 2.27. The smallest absolute Gasteiger partial charge is 0.273 e. The fraction of sp³-hybridized carbons (Fsp3) is 0.190. The van der Waals surface area contributed by atoms with Crippen molar-refractivity contribution in [3.63, 3.8) is 0 Å². The molecule has 142 valence electrons. The van der Waals surface area contributed by atoms with E-state index >= 15 is 0 Å². The third-order valence-electron chi connectivity index (χ3n) is 4.28. The lowest BCUT2D eigenvalue weighted by atomic mass is 10.00. The number of Topliss-reactive ketones (excluding diaryl/α,β-unsaturated/α-hetero) is 2. The van der Waals surface area contributed by atoms with Crippen LogP contribution in [0.3, 0.4) is 0 Å². The quantitative estimate of drug-likeness (QED) is 0.594. The molecule has 0 saturated heterocycles. The molecule has 0 radical (unpaired) electrons. The Morgan fingerprint density at radius 3 is 2.25 bits per heavy atom. The minimum atomic E-state index is -0.907. The van der Waals surface area contributed by atoms with Crippen molar-refractivity contribution in [3.8, 4) is 11.3 Å². The molecule has 1 amide bonds. The monoisotopic (exact) mass is 393 g/mol. The van der Waals surface area contributed by atoms with Crippen LogP contribution in [-0.2, 0) is 16.0 Å². The van der Waals surface area contributed by atoms with Gasteiger partial charge in [0.1, 0.15) is 5.69 Å². The van der Waals surface area contributed by atoms with Crippen molar-refractivity contribution in [2.75, 3.05) is 0 Å². The number of amides is 1. The van der Waals surface area contributed by atoms with Crippen molar-refractivity contribution in [2.45, 2.75) is 25.8 Å². The van der Waals surface area contributed by atoms with E-state index in [4.69, 9.17) is 0 Å². The van der Waals surface area contributed by atoms with E-state index in [0.717, 1.165) is 22.9 Å². The first kappa shape index (κ1) is 19.6. The second-order valence-corrected chi connectivity index (χ2v) is 6.83. The first-order chi connectivity index (χ1) is 13.6. The highest BCUT2D eigenvalue weighted by molar-refractivity contribution is 6.99. The summed E-state index contributed by atoms with van der Waals surface area (Å²) in [6.45, 7) is 1.21. The second-order valence-electron chi connectivity index (χ2n) is 6.30. The molecule has 7 heteroatoms. The molecule has 28 heavy (non-hydrogen) atoms. The van der Waals surface area contributed by atoms with Gasteiger partial charge in [0, 0.05) is 12.5 Å². The summed E-state index contributed by atoms with van der Waals surface area (Å²) in [5.41, 5.74) is 2.40. The van der Waals surface area contributed by atoms with E-state index in [1.165, 1.54) is 6.92 Å². The largest absolute Gasteiger partial charge is 0.340 e. The summed E-state index contributed by atoms with van der Waals surface area (Å²) >= 11 is 0.929. The number of nitrogens with one attached hydrogen (secondary N) is 1. The Morgan fingerprint density at radius 1 is 0.964 bits per heavy atom. The predicted octanol–water partition coefficient (Wildman–Crippen LogP) is 3.09. The molecule has 0 saturated carbocycles. The van der Waals surface area contributed by atoms with Crippen LogP contribution in [-0.4, -0.2) is 32.3 Å². The lowest BCUT2D eigenvalue weighted by Crippen LogP contribution is -2.44. The molecule has 1 unspecified atom stereocenters. The van der Waals surface area contributed by atoms with Crippen molar-refractivity contribution in [1.29, 1.82) is 0 Å². The minimum Gasteiger partial charge on any atom is -0.340 e. The van der Waals surface area contributed by atoms with Gasteiger partial charge in [0.15, 0.2) is 11.5 Å². The van der Waals surface area contributed by atoms with Gasteiger partial charge in [-0.05, 0) is 18.4 Å². The third-order valence-corrected chi connectivity index (χ3v) is 4.81. The van der Waals surface area contributed by atoms with Crippen LogP contribution in [0.25, 0.3) is 11.3 Å². The van der Waals surface area contributed by atoms with Gasteiger partial charge < -0.3 is 5.32 Å². The fourth-order valence-electron chi connectivity index (χ4n) is 2.82. The second kappa shape index (κ2) is 9.14. The zero-order chi connectivity index (χ0) is 19.9. The van der Waals surface area contributed by atoms with Crippen LogP contribution < -0.4 is 5.32 Å². The van der Waals surface area contributed by atoms with Crippen LogP contribution in [0.5, 0.6) is 0 Å². The Bertz CT molecular complexity index is 971. The molecule has 0 aliphatic rings. The molecule has 2 aromatic carbocycles. The molecule has 3 aromatic rings. The van der Waals surface area contributed by atoms with E-state index in [9.17, 15) is 14.4 Å². The Kier molecular flexibility index (Phi) is 6.39. The number of ketones is 2. The first-order valence-electron chi connectivity index (χ1n) is 8.84. The van der Waals surface area contributed by atoms with E-state index < -0.39 is 23.5 Å². The molecule has 3 rings (SSSR count). The van der Waals surface area contributed by atoms with Crippen LogP contribution in [0.15, 0.2) is 60.7 Å². The van der Waals surface area contributed by atoms with Crippen LogP contribution in [0.2, 0.25) is 0 Å². The lowest BCUT2D eigenvalue weighted by Gasteiger charge is -2.16. The standard InChI is InChI=1S/C21H19N3O3S/c1-14(25)20(26)17(13-12-15-8-4-2-5-9-15)22-21(27)19-18(23-28-24-19)16-10-6-3-7-11-16/h2-11,17H,12-13H2,1H3,(H,22,27). The number of aryl methyl sites for hydroxylation is 1. The van der Waals surface area contributed by atoms with Gasteiger partial charge >= 0.3 is 0 Å². The SMILES string of the molecule is CC(=O)C(=O)C(CCc1ccccc1)NC(=O)c1nsnc1-c1ccccc1. The summed E-state index contributed by atoms with van der Waals surface area (Å²) in [6, 6.07) is 17.9. The van der Waals surface area contributed by atoms with E-state index in [2.05, 4.69) is 14.1 Å². The maximum atomic E-state index is 12.8. The number of hydrogen-bond donors (Lipinski definition) is 1. The number of carbonyl (C=O) groups excluding carboxylic acids is 3. The number of benzene rings is 2. The van der Waals surface area contributed by atoms with E-state index in [1.54, 1.807) is 0 Å². The molecule has 0 bridgehead atoms. The summed E-state index contributed by atoms with van der Waals surface area (Å²) in [4.78, 5) is 36.7. The van der Waals surface area contributed by atoms with Gasteiger partial charge in [-0.2, -0.15) is 8.75 Å². The Balaban J connectivity index is 1.77. The van der Waals surface area contributed by atoms with Gasteiger partial charge in [-0.25, -0.2) is 0 Å². The molecule has 0 aliphatic carbocycles. The van der Waals surface area contributed by atoms with Crippen molar-refractivity contribution in [2.24, 2.45) is 0 Å². The fourth-order valence-corrected chi connectivity index (χ4v) is 3.38. The van der Waals surface area contributed by atoms with Crippen molar-refractivity contribution < 1.29 is 14.4 Å². The highest BCUT2D eigenvalue weighted by Crippen LogP contribution is 2.21. The van der Waals surface area contributed by atoms with E-state index in [-0.39, 0.29) is 5.69 Å². The molecular weight excluding hydrogens is 374 g/mol. The van der Waals surface area contributed by atoms with E-state index in [0.29, 0.717) is 18.5 Å². The zero-order valence-electron chi connectivity index (χ0n) is 15.3. The highest BCUT2D eigenvalue weighted by atomic mass is 32.1. The molecule has 0 aliphatic heterocycles. The van der Waals surface area contributed by atoms with E-state index in [1.807, 2.05) is 60.7 Å². The molecular formula is C21H19N3O3S. The zero-order valence-corrected chi connectivity index (χ0v) is 16.1. The first-order valence-corrected chi connectivity index (χ1v) is 9.57. The number of hydrogen-bond acceptors (Lipinski definition) is 6. The maximum Gasteiger partial charge on any atom is 0.273 e. The molecule has 1 atom stereocenters. The molecule has 6 nitrogen and oxygen atoms in total. The van der Waals surface area contributed by atoms with Crippen LogP contribution >= 0.6 is 11.7 Å². The number of aromatic nitrogens is 2. The Hall–Kier alpha value is -3.19. The van der Waals surface area contributed by atoms with Gasteiger partial charge in [-0.3, -0.25) is 14.4 Å². The van der Waals surface area contributed by atoms with Gasteiger partial charge in [-0.1, -0.05) is 60.7 Å². The minimum absolute atomic E-state index is 0.150. The molecule has 1 N–H and O–H groups in total. The normalized spacial score (nSPS) is 11.6. The van der Waals surface area contributed by atoms with Gasteiger partial charge in [0.25, 0.3) is 5.91 Å². The van der Waals surface area contributed by atoms with Crippen molar-refractivity contribution in [3.05, 3.63) is 71.9 Å². The lowest BCUT2D eigenvalue weighted by molar-refractivity contribution is -0.136. The molecule has 1 heterocycles. The van der Waals surface area contributed by atoms with Crippen LogP contribution in [0, 0.1) is 0 Å². The average molecular weight is 393 g/mol. The summed E-state index contributed by atoms with van der Waals surface area (Å²) in [7, 11) is 0. The topological polar surface area (TPSA) is 89.0 Å². The maximum absolute atomic E-state index is 12.8. The van der Waals surface area contributed by atoms with Gasteiger partial charge in [0.2, 0.25) is 5.78 Å². The number of nitrogens with zero attached hydrogens (tertiary/aromatic N) is 2. The Labute approximate surface area is 166 Å². The number of rotatable bonds is 8. The summed E-state index contributed by atoms with van der Waals surface area (Å²) < 4.78 is 8.30. The third kappa shape index (κ3) is 4.75. The van der Waals surface area contributed by atoms with Crippen molar-refractivity contribution in [1.82, 2.24) is 14.1 Å². The van der Waals surface area contributed by atoms with Crippen LogP contribution in [0.4, 0.5) is 0 Å².